The first-order valence-corrected chi connectivity index (χ1v) is 9.42. The molecule has 1 aromatic carbocycles. The second-order valence-corrected chi connectivity index (χ2v) is 7.27. The lowest BCUT2D eigenvalue weighted by molar-refractivity contribution is 1.06. The molecule has 3 aromatic heterocycles. The molecule has 4 rings (SSSR count). The Labute approximate surface area is 176 Å². The third-order valence-corrected chi connectivity index (χ3v) is 5.38. The number of aromatic nitrogens is 3. The molecule has 0 fully saturated rings. The second-order valence-electron chi connectivity index (χ2n) is 7.27. The Hall–Kier alpha value is -3.05. The van der Waals surface area contributed by atoms with Gasteiger partial charge in [0.1, 0.15) is 0 Å². The van der Waals surface area contributed by atoms with Crippen molar-refractivity contribution in [2.45, 2.75) is 34.2 Å². The molecule has 4 aromatic rings. The van der Waals surface area contributed by atoms with Gasteiger partial charge in [0.25, 0.3) is 0 Å². The number of anilines is 1. The van der Waals surface area contributed by atoms with E-state index < -0.39 is 0 Å². The fraction of sp³-hybridized carbons (Fsp3) is 0.217. The number of pyridine rings is 2. The summed E-state index contributed by atoms with van der Waals surface area (Å²) in [5.74, 6) is 0. The Balaban J connectivity index is 0.00000240. The zero-order valence-corrected chi connectivity index (χ0v) is 17.9. The predicted octanol–water partition coefficient (Wildman–Crippen LogP) is 4.96. The number of aryl methyl sites for hydroxylation is 4. The van der Waals surface area contributed by atoms with Gasteiger partial charge in [-0.15, -0.1) is 12.4 Å². The molecule has 6 heteroatoms. The van der Waals surface area contributed by atoms with Crippen LogP contribution in [-0.2, 0) is 6.54 Å². The Morgan fingerprint density at radius 2 is 1.72 bits per heavy atom. The third kappa shape index (κ3) is 3.91. The highest BCUT2D eigenvalue weighted by Crippen LogP contribution is 2.27. The molecule has 0 radical (unpaired) electrons. The van der Waals surface area contributed by atoms with E-state index >= 15 is 0 Å². The van der Waals surface area contributed by atoms with E-state index in [2.05, 4.69) is 59.7 Å². The molecule has 0 saturated heterocycles. The largest absolute Gasteiger partial charge is 0.378 e. The summed E-state index contributed by atoms with van der Waals surface area (Å²) in [5.41, 5.74) is 9.36. The van der Waals surface area contributed by atoms with Crippen molar-refractivity contribution in [3.8, 4) is 11.3 Å². The van der Waals surface area contributed by atoms with Crippen LogP contribution in [0.4, 0.5) is 5.69 Å². The molecular formula is C23H25ClN4O. The quantitative estimate of drug-likeness (QED) is 0.501. The van der Waals surface area contributed by atoms with Gasteiger partial charge in [-0.05, 0) is 56.5 Å². The van der Waals surface area contributed by atoms with Crippen LogP contribution in [0.2, 0.25) is 0 Å². The smallest absolute Gasteiger partial charge is 0.248 e. The summed E-state index contributed by atoms with van der Waals surface area (Å²) in [5, 5.41) is 3.58. The lowest BCUT2D eigenvalue weighted by atomic mass is 10.0. The van der Waals surface area contributed by atoms with Crippen molar-refractivity contribution in [3.63, 3.8) is 0 Å². The maximum Gasteiger partial charge on any atom is 0.248 e. The number of rotatable bonds is 4. The summed E-state index contributed by atoms with van der Waals surface area (Å²) in [6.45, 7) is 9.06. The van der Waals surface area contributed by atoms with Crippen LogP contribution in [0, 0.1) is 27.7 Å². The number of benzene rings is 1. The molecule has 2 N–H and O–H groups in total. The van der Waals surface area contributed by atoms with Crippen molar-refractivity contribution < 1.29 is 0 Å². The van der Waals surface area contributed by atoms with Gasteiger partial charge < -0.3 is 14.7 Å². The summed E-state index contributed by atoms with van der Waals surface area (Å²) < 4.78 is 2.09. The molecule has 29 heavy (non-hydrogen) atoms. The Kier molecular flexibility index (Phi) is 5.80. The van der Waals surface area contributed by atoms with Gasteiger partial charge in [0.15, 0.2) is 5.65 Å². The van der Waals surface area contributed by atoms with Crippen molar-refractivity contribution in [2.75, 3.05) is 5.32 Å². The molecule has 0 amide bonds. The average Bonchev–Trinajstić information content (AvgIpc) is 2.96. The number of nitrogens with one attached hydrogen (secondary N) is 2. The number of H-pyrrole nitrogens is 1. The Morgan fingerprint density at radius 1 is 1.03 bits per heavy atom. The van der Waals surface area contributed by atoms with E-state index in [0.29, 0.717) is 6.54 Å². The topological polar surface area (TPSA) is 62.2 Å². The van der Waals surface area contributed by atoms with Gasteiger partial charge in [-0.3, -0.25) is 4.79 Å². The summed E-state index contributed by atoms with van der Waals surface area (Å²) in [7, 11) is 0. The number of nitrogens with zero attached hydrogens (tertiary/aromatic N) is 2. The number of imidazole rings is 1. The Bertz CT molecular complexity index is 1220. The van der Waals surface area contributed by atoms with Crippen molar-refractivity contribution >= 4 is 23.7 Å². The highest BCUT2D eigenvalue weighted by atomic mass is 35.5. The fourth-order valence-electron chi connectivity index (χ4n) is 3.58. The monoisotopic (exact) mass is 408 g/mol. The van der Waals surface area contributed by atoms with E-state index in [-0.39, 0.29) is 18.0 Å². The van der Waals surface area contributed by atoms with Gasteiger partial charge in [-0.2, -0.15) is 0 Å². The van der Waals surface area contributed by atoms with Crippen molar-refractivity contribution in [1.82, 2.24) is 14.4 Å². The van der Waals surface area contributed by atoms with Crippen LogP contribution < -0.4 is 10.9 Å². The highest BCUT2D eigenvalue weighted by Gasteiger charge is 2.13. The standard InChI is InChI=1S/C23H24N4O.ClH/c1-14-7-5-8-15(2)19(14)12-24-21-11-18(20-9-6-10-22(28)26-20)13-27-17(4)16(3)25-23(21)27;/h5-11,13,24H,12H2,1-4H3,(H,26,28);1H. The number of hydrogen-bond donors (Lipinski definition) is 2. The Morgan fingerprint density at radius 3 is 2.41 bits per heavy atom. The van der Waals surface area contributed by atoms with Crippen LogP contribution in [-0.4, -0.2) is 14.4 Å². The van der Waals surface area contributed by atoms with E-state index in [1.807, 2.05) is 19.2 Å². The van der Waals surface area contributed by atoms with Crippen LogP contribution in [0.25, 0.3) is 16.9 Å². The van der Waals surface area contributed by atoms with Gasteiger partial charge in [0.2, 0.25) is 5.56 Å². The average molecular weight is 409 g/mol. The maximum absolute atomic E-state index is 11.8. The van der Waals surface area contributed by atoms with Crippen LogP contribution in [0.1, 0.15) is 28.1 Å². The summed E-state index contributed by atoms with van der Waals surface area (Å²) in [6, 6.07) is 13.6. The lowest BCUT2D eigenvalue weighted by Crippen LogP contribution is -2.07. The zero-order chi connectivity index (χ0) is 19.8. The van der Waals surface area contributed by atoms with Crippen molar-refractivity contribution in [2.24, 2.45) is 0 Å². The molecule has 0 atom stereocenters. The third-order valence-electron chi connectivity index (χ3n) is 5.38. The zero-order valence-electron chi connectivity index (χ0n) is 17.0. The molecule has 0 spiro atoms. The predicted molar refractivity (Wildman–Crippen MR) is 121 cm³/mol. The first kappa shape index (κ1) is 20.7. The van der Waals surface area contributed by atoms with Gasteiger partial charge >= 0.3 is 0 Å². The van der Waals surface area contributed by atoms with Gasteiger partial charge in [0, 0.05) is 35.8 Å². The number of hydrogen-bond acceptors (Lipinski definition) is 3. The molecular weight excluding hydrogens is 384 g/mol. The van der Waals surface area contributed by atoms with Crippen LogP contribution >= 0.6 is 12.4 Å². The van der Waals surface area contributed by atoms with Crippen LogP contribution in [0.3, 0.4) is 0 Å². The normalized spacial score (nSPS) is 10.8. The van der Waals surface area contributed by atoms with Crippen molar-refractivity contribution in [1.29, 1.82) is 0 Å². The van der Waals surface area contributed by atoms with Crippen molar-refractivity contribution in [3.05, 3.63) is 87.1 Å². The van der Waals surface area contributed by atoms with Crippen LogP contribution in [0.5, 0.6) is 0 Å². The second kappa shape index (κ2) is 8.13. The summed E-state index contributed by atoms with van der Waals surface area (Å²) in [4.78, 5) is 19.4. The fourth-order valence-corrected chi connectivity index (χ4v) is 3.58. The molecule has 0 bridgehead atoms. The summed E-state index contributed by atoms with van der Waals surface area (Å²) in [6.07, 6.45) is 2.03. The minimum absolute atomic E-state index is 0. The molecule has 0 saturated carbocycles. The van der Waals surface area contributed by atoms with E-state index in [9.17, 15) is 4.79 Å². The van der Waals surface area contributed by atoms with Gasteiger partial charge in [0.05, 0.1) is 11.4 Å². The molecule has 3 heterocycles. The van der Waals surface area contributed by atoms with E-state index in [0.717, 1.165) is 34.0 Å². The van der Waals surface area contributed by atoms with E-state index in [1.165, 1.54) is 22.8 Å². The molecule has 150 valence electrons. The number of fused-ring (bicyclic) bond motifs is 1. The minimum atomic E-state index is -0.110. The number of aromatic amines is 1. The summed E-state index contributed by atoms with van der Waals surface area (Å²) >= 11 is 0. The molecule has 0 unspecified atom stereocenters. The first-order valence-electron chi connectivity index (χ1n) is 9.42. The van der Waals surface area contributed by atoms with Crippen LogP contribution in [0.15, 0.2) is 53.5 Å². The maximum atomic E-state index is 11.8. The molecule has 0 aliphatic carbocycles. The molecule has 5 nitrogen and oxygen atoms in total. The SMILES string of the molecule is Cc1cccc(C)c1CNc1cc(-c2cccc(=O)[nH]2)cn2c(C)c(C)nc12.Cl. The minimum Gasteiger partial charge on any atom is -0.378 e. The van der Waals surface area contributed by atoms with Gasteiger partial charge in [-0.1, -0.05) is 24.3 Å². The molecule has 0 aliphatic rings. The number of halogens is 1. The lowest BCUT2D eigenvalue weighted by Gasteiger charge is -2.14. The molecule has 0 aliphatic heterocycles. The first-order chi connectivity index (χ1) is 13.4. The van der Waals surface area contributed by atoms with Gasteiger partial charge in [-0.25, -0.2) is 4.98 Å². The van der Waals surface area contributed by atoms with E-state index in [1.54, 1.807) is 6.07 Å². The van der Waals surface area contributed by atoms with E-state index in [4.69, 9.17) is 4.98 Å². The highest BCUT2D eigenvalue weighted by molar-refractivity contribution is 5.85.